The van der Waals surface area contributed by atoms with E-state index in [-0.39, 0.29) is 12.6 Å². The summed E-state index contributed by atoms with van der Waals surface area (Å²) in [5.74, 6) is 0. The molecule has 0 aliphatic rings. The number of hydrogen-bond donors (Lipinski definition) is 2. The first-order valence-corrected chi connectivity index (χ1v) is 6.68. The van der Waals surface area contributed by atoms with E-state index in [9.17, 15) is 5.11 Å². The minimum atomic E-state index is -0.0771. The third kappa shape index (κ3) is 3.34. The lowest BCUT2D eigenvalue weighted by molar-refractivity contribution is 0.276. The van der Waals surface area contributed by atoms with E-state index >= 15 is 0 Å². The van der Waals surface area contributed by atoms with Crippen LogP contribution in [0.4, 0.5) is 5.69 Å². The molecule has 94 valence electrons. The summed E-state index contributed by atoms with van der Waals surface area (Å²) in [5, 5.41) is 12.8. The number of benzene rings is 2. The zero-order valence-corrected chi connectivity index (χ0v) is 11.8. The van der Waals surface area contributed by atoms with Gasteiger partial charge in [-0.1, -0.05) is 45.8 Å². The van der Waals surface area contributed by atoms with Crippen molar-refractivity contribution in [3.8, 4) is 0 Å². The van der Waals surface area contributed by atoms with Gasteiger partial charge >= 0.3 is 0 Å². The van der Waals surface area contributed by atoms with Crippen LogP contribution in [0.2, 0.25) is 0 Å². The molecule has 2 N–H and O–H groups in total. The molecule has 0 saturated heterocycles. The highest BCUT2D eigenvalue weighted by Crippen LogP contribution is 2.21. The molecule has 2 aromatic carbocycles. The Labute approximate surface area is 116 Å². The normalized spacial score (nSPS) is 12.2. The summed E-state index contributed by atoms with van der Waals surface area (Å²) in [4.78, 5) is 0. The Morgan fingerprint density at radius 2 is 1.67 bits per heavy atom. The predicted octanol–water partition coefficient (Wildman–Crippen LogP) is 3.90. The number of hydrogen-bond acceptors (Lipinski definition) is 2. The van der Waals surface area contributed by atoms with Gasteiger partial charge in [-0.25, -0.2) is 0 Å². The fourth-order valence-electron chi connectivity index (χ4n) is 1.78. The van der Waals surface area contributed by atoms with Crippen LogP contribution in [0.15, 0.2) is 53.0 Å². The van der Waals surface area contributed by atoms with Crippen LogP contribution < -0.4 is 5.32 Å². The van der Waals surface area contributed by atoms with Crippen LogP contribution in [0, 0.1) is 6.92 Å². The molecule has 0 bridgehead atoms. The van der Waals surface area contributed by atoms with Crippen molar-refractivity contribution in [1.29, 1.82) is 0 Å². The molecule has 3 heteroatoms. The van der Waals surface area contributed by atoms with E-state index in [1.54, 1.807) is 0 Å². The SMILES string of the molecule is Cc1ccc(C(CO)Nc2ccc(Br)cc2)cc1. The highest BCUT2D eigenvalue weighted by molar-refractivity contribution is 9.10. The highest BCUT2D eigenvalue weighted by atomic mass is 79.9. The van der Waals surface area contributed by atoms with Gasteiger partial charge in [0.2, 0.25) is 0 Å². The summed E-state index contributed by atoms with van der Waals surface area (Å²) in [6.45, 7) is 2.12. The topological polar surface area (TPSA) is 32.3 Å². The number of halogens is 1. The Morgan fingerprint density at radius 3 is 2.22 bits per heavy atom. The first kappa shape index (κ1) is 13.1. The Bertz CT molecular complexity index is 493. The molecule has 1 atom stereocenters. The van der Waals surface area contributed by atoms with Crippen molar-refractivity contribution in [2.75, 3.05) is 11.9 Å². The maximum atomic E-state index is 9.49. The molecule has 0 radical (unpaired) electrons. The largest absolute Gasteiger partial charge is 0.394 e. The molecule has 0 fully saturated rings. The van der Waals surface area contributed by atoms with Gasteiger partial charge in [-0.05, 0) is 36.8 Å². The molecule has 0 aromatic heterocycles. The molecule has 0 heterocycles. The van der Waals surface area contributed by atoms with Crippen LogP contribution in [0.25, 0.3) is 0 Å². The Kier molecular flexibility index (Phi) is 4.39. The van der Waals surface area contributed by atoms with Gasteiger partial charge in [-0.2, -0.15) is 0 Å². The summed E-state index contributed by atoms with van der Waals surface area (Å²) < 4.78 is 1.05. The molecule has 1 unspecified atom stereocenters. The molecule has 0 aliphatic heterocycles. The van der Waals surface area contributed by atoms with Gasteiger partial charge in [0.25, 0.3) is 0 Å². The molecule has 2 rings (SSSR count). The average Bonchev–Trinajstić information content (AvgIpc) is 2.39. The molecule has 0 aliphatic carbocycles. The standard InChI is InChI=1S/C15H16BrNO/c1-11-2-4-12(5-3-11)15(10-18)17-14-8-6-13(16)7-9-14/h2-9,15,17-18H,10H2,1H3. The first-order chi connectivity index (χ1) is 8.69. The Hall–Kier alpha value is -1.32. The van der Waals surface area contributed by atoms with Crippen molar-refractivity contribution < 1.29 is 5.11 Å². The second-order valence-corrected chi connectivity index (χ2v) is 5.21. The summed E-state index contributed by atoms with van der Waals surface area (Å²) in [6, 6.07) is 16.1. The van der Waals surface area contributed by atoms with Crippen LogP contribution in [-0.2, 0) is 0 Å². The number of anilines is 1. The zero-order chi connectivity index (χ0) is 13.0. The first-order valence-electron chi connectivity index (χ1n) is 5.88. The van der Waals surface area contributed by atoms with Crippen molar-refractivity contribution in [2.45, 2.75) is 13.0 Å². The smallest absolute Gasteiger partial charge is 0.0745 e. The van der Waals surface area contributed by atoms with Gasteiger partial charge in [-0.3, -0.25) is 0 Å². The Morgan fingerprint density at radius 1 is 1.06 bits per heavy atom. The van der Waals surface area contributed by atoms with Crippen molar-refractivity contribution >= 4 is 21.6 Å². The molecular formula is C15H16BrNO. The van der Waals surface area contributed by atoms with Gasteiger partial charge in [0, 0.05) is 10.2 Å². The summed E-state index contributed by atoms with van der Waals surface area (Å²) in [7, 11) is 0. The van der Waals surface area contributed by atoms with Crippen molar-refractivity contribution in [3.63, 3.8) is 0 Å². The fourth-order valence-corrected chi connectivity index (χ4v) is 2.04. The van der Waals surface area contributed by atoms with Crippen molar-refractivity contribution in [1.82, 2.24) is 0 Å². The number of aryl methyl sites for hydroxylation is 1. The van der Waals surface area contributed by atoms with Gasteiger partial charge in [0.15, 0.2) is 0 Å². The zero-order valence-electron chi connectivity index (χ0n) is 10.2. The number of rotatable bonds is 4. The summed E-state index contributed by atoms with van der Waals surface area (Å²) in [5.41, 5.74) is 3.31. The quantitative estimate of drug-likeness (QED) is 0.898. The molecule has 2 nitrogen and oxygen atoms in total. The van der Waals surface area contributed by atoms with Gasteiger partial charge in [0.05, 0.1) is 12.6 Å². The minimum absolute atomic E-state index is 0.0686. The third-order valence-electron chi connectivity index (χ3n) is 2.85. The van der Waals surface area contributed by atoms with Crippen LogP contribution in [0.3, 0.4) is 0 Å². The van der Waals surface area contributed by atoms with Gasteiger partial charge in [-0.15, -0.1) is 0 Å². The molecule has 0 amide bonds. The van der Waals surface area contributed by atoms with E-state index in [0.717, 1.165) is 15.7 Å². The minimum Gasteiger partial charge on any atom is -0.394 e. The lowest BCUT2D eigenvalue weighted by atomic mass is 10.1. The van der Waals surface area contributed by atoms with Crippen molar-refractivity contribution in [3.05, 3.63) is 64.1 Å². The molecule has 2 aromatic rings. The van der Waals surface area contributed by atoms with E-state index in [4.69, 9.17) is 0 Å². The second kappa shape index (κ2) is 6.03. The van der Waals surface area contributed by atoms with E-state index in [0.29, 0.717) is 0 Å². The lowest BCUT2D eigenvalue weighted by Crippen LogP contribution is -2.14. The van der Waals surface area contributed by atoms with Gasteiger partial charge < -0.3 is 10.4 Å². The maximum Gasteiger partial charge on any atom is 0.0745 e. The van der Waals surface area contributed by atoms with Crippen LogP contribution in [0.1, 0.15) is 17.2 Å². The van der Waals surface area contributed by atoms with E-state index in [1.165, 1.54) is 5.56 Å². The molecule has 0 spiro atoms. The maximum absolute atomic E-state index is 9.49. The highest BCUT2D eigenvalue weighted by Gasteiger charge is 2.09. The molecule has 0 saturated carbocycles. The van der Waals surface area contributed by atoms with E-state index < -0.39 is 0 Å². The number of nitrogens with one attached hydrogen (secondary N) is 1. The predicted molar refractivity (Wildman–Crippen MR) is 78.8 cm³/mol. The average molecular weight is 306 g/mol. The van der Waals surface area contributed by atoms with Gasteiger partial charge in [0.1, 0.15) is 0 Å². The summed E-state index contributed by atoms with van der Waals surface area (Å²) in [6.07, 6.45) is 0. The lowest BCUT2D eigenvalue weighted by Gasteiger charge is -2.18. The monoisotopic (exact) mass is 305 g/mol. The van der Waals surface area contributed by atoms with Crippen LogP contribution in [0.5, 0.6) is 0 Å². The number of aliphatic hydroxyl groups excluding tert-OH is 1. The molecule has 18 heavy (non-hydrogen) atoms. The number of aliphatic hydroxyl groups is 1. The second-order valence-electron chi connectivity index (χ2n) is 4.30. The molecular weight excluding hydrogens is 290 g/mol. The van der Waals surface area contributed by atoms with E-state index in [1.807, 2.05) is 36.4 Å². The third-order valence-corrected chi connectivity index (χ3v) is 3.38. The van der Waals surface area contributed by atoms with Crippen LogP contribution >= 0.6 is 15.9 Å². The van der Waals surface area contributed by atoms with Crippen molar-refractivity contribution in [2.24, 2.45) is 0 Å². The fraction of sp³-hybridized carbons (Fsp3) is 0.200. The van der Waals surface area contributed by atoms with Crippen LogP contribution in [-0.4, -0.2) is 11.7 Å². The summed E-state index contributed by atoms with van der Waals surface area (Å²) >= 11 is 3.40. The van der Waals surface area contributed by atoms with E-state index in [2.05, 4.69) is 40.3 Å². The Balaban J connectivity index is 2.14.